The third-order valence-electron chi connectivity index (χ3n) is 1.38. The molecule has 0 aromatic carbocycles. The summed E-state index contributed by atoms with van der Waals surface area (Å²) in [5.41, 5.74) is 4.92. The van der Waals surface area contributed by atoms with Crippen LogP contribution in [-0.4, -0.2) is 25.5 Å². The summed E-state index contributed by atoms with van der Waals surface area (Å²) in [4.78, 5) is 15.0. The molecule has 82 valence electrons. The van der Waals surface area contributed by atoms with E-state index in [1.807, 2.05) is 6.92 Å². The highest BCUT2D eigenvalue weighted by Gasteiger charge is 2.15. The molecule has 15 heavy (non-hydrogen) atoms. The molecule has 0 spiro atoms. The van der Waals surface area contributed by atoms with Gasteiger partial charge >= 0.3 is 5.97 Å². The fraction of sp³-hybridized carbons (Fsp3) is 0.444. The first kappa shape index (κ1) is 13.0. The Morgan fingerprint density at radius 1 is 1.67 bits per heavy atom. The molecule has 0 heterocycles. The van der Waals surface area contributed by atoms with E-state index in [1.165, 1.54) is 0 Å². The summed E-state index contributed by atoms with van der Waals surface area (Å²) in [5, 5.41) is 11.5. The Morgan fingerprint density at radius 3 is 2.73 bits per heavy atom. The van der Waals surface area contributed by atoms with Gasteiger partial charge in [-0.15, -0.1) is 0 Å². The second-order valence-electron chi connectivity index (χ2n) is 2.36. The quantitative estimate of drug-likeness (QED) is 0.216. The molecule has 0 aromatic rings. The molecule has 0 saturated carbocycles. The van der Waals surface area contributed by atoms with Crippen molar-refractivity contribution in [3.8, 4) is 6.07 Å². The number of ether oxygens (including phenoxy) is 1. The van der Waals surface area contributed by atoms with Crippen LogP contribution in [0.1, 0.15) is 13.8 Å². The molecule has 0 bridgehead atoms. The fourth-order valence-electron chi connectivity index (χ4n) is 0.839. The van der Waals surface area contributed by atoms with Gasteiger partial charge in [0.25, 0.3) is 0 Å². The van der Waals surface area contributed by atoms with Gasteiger partial charge in [-0.05, 0) is 13.8 Å². The zero-order chi connectivity index (χ0) is 11.7. The molecule has 0 aliphatic heterocycles. The summed E-state index contributed by atoms with van der Waals surface area (Å²) >= 11 is 0. The van der Waals surface area contributed by atoms with Gasteiger partial charge in [0.05, 0.1) is 12.9 Å². The van der Waals surface area contributed by atoms with E-state index in [1.54, 1.807) is 13.0 Å². The first-order valence-electron chi connectivity index (χ1n) is 4.50. The summed E-state index contributed by atoms with van der Waals surface area (Å²) < 4.78 is 4.69. The van der Waals surface area contributed by atoms with Gasteiger partial charge in [-0.1, -0.05) is 0 Å². The molecule has 0 rings (SSSR count). The number of carbonyl (C=O) groups is 1. The second-order valence-corrected chi connectivity index (χ2v) is 2.36. The zero-order valence-corrected chi connectivity index (χ0v) is 8.78. The van der Waals surface area contributed by atoms with Crippen LogP contribution in [0.15, 0.2) is 16.4 Å². The lowest BCUT2D eigenvalue weighted by Gasteiger charge is -2.05. The largest absolute Gasteiger partial charge is 0.462 e. The van der Waals surface area contributed by atoms with Gasteiger partial charge in [0.15, 0.2) is 11.4 Å². The number of aliphatic imine (C=N–C) groups is 1. The van der Waals surface area contributed by atoms with E-state index in [9.17, 15) is 4.79 Å². The Morgan fingerprint density at radius 2 is 2.33 bits per heavy atom. The predicted octanol–water partition coefficient (Wildman–Crippen LogP) is -0.119. The third-order valence-corrected chi connectivity index (χ3v) is 1.38. The van der Waals surface area contributed by atoms with Crippen molar-refractivity contribution in [2.45, 2.75) is 13.8 Å². The van der Waals surface area contributed by atoms with E-state index in [-0.39, 0.29) is 18.0 Å². The lowest BCUT2D eigenvalue weighted by Crippen LogP contribution is -2.18. The Kier molecular flexibility index (Phi) is 6.38. The summed E-state index contributed by atoms with van der Waals surface area (Å²) in [6.07, 6.45) is 1.01. The van der Waals surface area contributed by atoms with Crippen LogP contribution in [0.5, 0.6) is 0 Å². The van der Waals surface area contributed by atoms with Crippen LogP contribution in [0.25, 0.3) is 0 Å². The van der Waals surface area contributed by atoms with Crippen LogP contribution in [0.3, 0.4) is 0 Å². The molecule has 0 saturated heterocycles. The second kappa shape index (κ2) is 7.38. The minimum absolute atomic E-state index is 0.126. The average Bonchev–Trinajstić information content (AvgIpc) is 2.20. The Hall–Kier alpha value is -2.03. The molecular weight excluding hydrogens is 196 g/mol. The van der Waals surface area contributed by atoms with E-state index in [4.69, 9.17) is 15.7 Å². The van der Waals surface area contributed by atoms with E-state index in [2.05, 4.69) is 10.3 Å². The summed E-state index contributed by atoms with van der Waals surface area (Å²) in [6, 6.07) is 1.73. The van der Waals surface area contributed by atoms with Crippen LogP contribution in [0.2, 0.25) is 0 Å². The van der Waals surface area contributed by atoms with E-state index in [0.29, 0.717) is 6.54 Å². The molecular formula is C9H14N4O2. The molecule has 6 nitrogen and oxygen atoms in total. The Balaban J connectivity index is 5.05. The number of hydrogen-bond acceptors (Lipinski definition) is 5. The molecule has 0 aliphatic carbocycles. The Labute approximate surface area is 88.4 Å². The van der Waals surface area contributed by atoms with Crippen LogP contribution in [-0.2, 0) is 9.53 Å². The standard InChI is InChI=1S/C9H14N4O2/c1-3-12-8(13-6-11)7(5-10)9(14)15-4-2/h6,12H,3-4H2,1-2H3,(H2,11,13)/b8-7-. The topological polar surface area (TPSA) is 100 Å². The van der Waals surface area contributed by atoms with E-state index >= 15 is 0 Å². The predicted molar refractivity (Wildman–Crippen MR) is 55.6 cm³/mol. The van der Waals surface area contributed by atoms with Gasteiger partial charge in [-0.3, -0.25) is 0 Å². The van der Waals surface area contributed by atoms with Gasteiger partial charge in [0, 0.05) is 6.54 Å². The molecule has 6 heteroatoms. The monoisotopic (exact) mass is 210 g/mol. The maximum atomic E-state index is 11.3. The molecule has 3 N–H and O–H groups in total. The highest BCUT2D eigenvalue weighted by atomic mass is 16.5. The number of nitrogens with one attached hydrogen (secondary N) is 1. The van der Waals surface area contributed by atoms with Crippen LogP contribution in [0, 0.1) is 11.3 Å². The first-order chi connectivity index (χ1) is 7.21. The molecule has 0 unspecified atom stereocenters. The van der Waals surface area contributed by atoms with Gasteiger partial charge < -0.3 is 15.8 Å². The Bertz CT molecular complexity index is 315. The minimum atomic E-state index is -0.707. The number of esters is 1. The van der Waals surface area contributed by atoms with Crippen LogP contribution in [0.4, 0.5) is 0 Å². The number of hydrogen-bond donors (Lipinski definition) is 2. The lowest BCUT2D eigenvalue weighted by molar-refractivity contribution is -0.138. The molecule has 0 aromatic heterocycles. The van der Waals surface area contributed by atoms with Gasteiger partial charge in [-0.2, -0.15) is 5.26 Å². The zero-order valence-electron chi connectivity index (χ0n) is 8.78. The van der Waals surface area contributed by atoms with Crippen molar-refractivity contribution in [1.82, 2.24) is 5.32 Å². The molecule has 0 amide bonds. The summed E-state index contributed by atoms with van der Waals surface area (Å²) in [5.74, 6) is -0.581. The van der Waals surface area contributed by atoms with Gasteiger partial charge in [-0.25, -0.2) is 9.79 Å². The van der Waals surface area contributed by atoms with Crippen molar-refractivity contribution >= 4 is 12.3 Å². The van der Waals surface area contributed by atoms with Crippen molar-refractivity contribution in [3.63, 3.8) is 0 Å². The normalized spacial score (nSPS) is 11.8. The van der Waals surface area contributed by atoms with Crippen LogP contribution >= 0.6 is 0 Å². The molecule has 0 radical (unpaired) electrons. The highest BCUT2D eigenvalue weighted by Crippen LogP contribution is 2.04. The summed E-state index contributed by atoms with van der Waals surface area (Å²) in [7, 11) is 0. The van der Waals surface area contributed by atoms with Crippen molar-refractivity contribution in [3.05, 3.63) is 11.4 Å². The highest BCUT2D eigenvalue weighted by molar-refractivity contribution is 5.93. The smallest absolute Gasteiger partial charge is 0.352 e. The van der Waals surface area contributed by atoms with E-state index in [0.717, 1.165) is 6.34 Å². The van der Waals surface area contributed by atoms with Crippen LogP contribution < -0.4 is 11.1 Å². The number of carbonyl (C=O) groups excluding carboxylic acids is 1. The number of nitrogens with two attached hydrogens (primary N) is 1. The van der Waals surface area contributed by atoms with Crippen molar-refractivity contribution in [2.75, 3.05) is 13.2 Å². The number of nitriles is 1. The number of rotatable bonds is 5. The third kappa shape index (κ3) is 4.13. The average molecular weight is 210 g/mol. The maximum absolute atomic E-state index is 11.3. The fourth-order valence-corrected chi connectivity index (χ4v) is 0.839. The van der Waals surface area contributed by atoms with Gasteiger partial charge in [0.1, 0.15) is 6.07 Å². The molecule has 0 fully saturated rings. The SMILES string of the molecule is CCNC(/N=C/N)=C(\C#N)C(=O)OCC. The molecule has 0 atom stereocenters. The van der Waals surface area contributed by atoms with Crippen molar-refractivity contribution < 1.29 is 9.53 Å². The maximum Gasteiger partial charge on any atom is 0.352 e. The molecule has 0 aliphatic rings. The first-order valence-corrected chi connectivity index (χ1v) is 4.50. The van der Waals surface area contributed by atoms with Crippen molar-refractivity contribution in [1.29, 1.82) is 5.26 Å². The van der Waals surface area contributed by atoms with E-state index < -0.39 is 5.97 Å². The lowest BCUT2D eigenvalue weighted by atomic mass is 10.3. The van der Waals surface area contributed by atoms with Crippen molar-refractivity contribution in [2.24, 2.45) is 10.7 Å². The minimum Gasteiger partial charge on any atom is -0.462 e. The number of nitrogens with zero attached hydrogens (tertiary/aromatic N) is 2. The van der Waals surface area contributed by atoms with Gasteiger partial charge in [0.2, 0.25) is 0 Å². The summed E-state index contributed by atoms with van der Waals surface area (Å²) in [6.45, 7) is 4.20.